The van der Waals surface area contributed by atoms with Gasteiger partial charge in [-0.3, -0.25) is 0 Å². The van der Waals surface area contributed by atoms with Gasteiger partial charge in [0.25, 0.3) is 0 Å². The molecule has 0 aromatic heterocycles. The Morgan fingerprint density at radius 3 is 2.50 bits per heavy atom. The van der Waals surface area contributed by atoms with Crippen molar-refractivity contribution in [1.29, 1.82) is 0 Å². The lowest BCUT2D eigenvalue weighted by atomic mass is 10.0. The van der Waals surface area contributed by atoms with Crippen molar-refractivity contribution in [2.24, 2.45) is 0 Å². The van der Waals surface area contributed by atoms with Gasteiger partial charge in [0.05, 0.1) is 5.56 Å². The average Bonchev–Trinajstić information content (AvgIpc) is 2.25. The first-order valence-electron chi connectivity index (χ1n) is 5.30. The second kappa shape index (κ2) is 5.34. The minimum atomic E-state index is -4.25. The number of halogens is 3. The second-order valence-electron chi connectivity index (χ2n) is 3.80. The first-order chi connectivity index (χ1) is 7.47. The standard InChI is InChI=1S/C12H16F3N/c1-3-11(16-2)8-9-5-4-6-10(7-9)12(13,14)15/h4-7,11,16H,3,8H2,1-2H3. The smallest absolute Gasteiger partial charge is 0.317 e. The number of hydrogen-bond acceptors (Lipinski definition) is 1. The molecule has 0 saturated carbocycles. The summed E-state index contributed by atoms with van der Waals surface area (Å²) in [5.74, 6) is 0. The van der Waals surface area contributed by atoms with Crippen molar-refractivity contribution in [2.45, 2.75) is 32.0 Å². The molecule has 0 saturated heterocycles. The molecule has 0 aliphatic rings. The third-order valence-corrected chi connectivity index (χ3v) is 2.64. The maximum Gasteiger partial charge on any atom is 0.416 e. The van der Waals surface area contributed by atoms with Gasteiger partial charge in [-0.2, -0.15) is 13.2 Å². The van der Waals surface area contributed by atoms with Crippen LogP contribution in [0.5, 0.6) is 0 Å². The van der Waals surface area contributed by atoms with E-state index in [9.17, 15) is 13.2 Å². The van der Waals surface area contributed by atoms with Crippen LogP contribution in [-0.4, -0.2) is 13.1 Å². The van der Waals surface area contributed by atoms with Gasteiger partial charge in [-0.25, -0.2) is 0 Å². The summed E-state index contributed by atoms with van der Waals surface area (Å²) in [6.45, 7) is 2.01. The van der Waals surface area contributed by atoms with Crippen molar-refractivity contribution in [3.63, 3.8) is 0 Å². The molecule has 4 heteroatoms. The van der Waals surface area contributed by atoms with Gasteiger partial charge in [0.2, 0.25) is 0 Å². The summed E-state index contributed by atoms with van der Waals surface area (Å²) < 4.78 is 37.4. The quantitative estimate of drug-likeness (QED) is 0.838. The van der Waals surface area contributed by atoms with Gasteiger partial charge in [-0.05, 0) is 31.5 Å². The number of alkyl halides is 3. The molecule has 1 nitrogen and oxygen atoms in total. The van der Waals surface area contributed by atoms with Crippen molar-refractivity contribution in [1.82, 2.24) is 5.32 Å². The normalized spacial score (nSPS) is 13.8. The highest BCUT2D eigenvalue weighted by atomic mass is 19.4. The summed E-state index contributed by atoms with van der Waals surface area (Å²) in [5, 5.41) is 3.08. The Morgan fingerprint density at radius 1 is 1.31 bits per heavy atom. The zero-order valence-electron chi connectivity index (χ0n) is 9.43. The first-order valence-corrected chi connectivity index (χ1v) is 5.30. The van der Waals surface area contributed by atoms with Gasteiger partial charge < -0.3 is 5.32 Å². The molecule has 1 rings (SSSR count). The molecule has 1 aromatic rings. The maximum absolute atomic E-state index is 12.5. The Balaban J connectivity index is 2.82. The lowest BCUT2D eigenvalue weighted by molar-refractivity contribution is -0.137. The van der Waals surface area contributed by atoms with E-state index in [2.05, 4.69) is 5.32 Å². The van der Waals surface area contributed by atoms with Crippen molar-refractivity contribution < 1.29 is 13.2 Å². The van der Waals surface area contributed by atoms with Crippen molar-refractivity contribution in [2.75, 3.05) is 7.05 Å². The summed E-state index contributed by atoms with van der Waals surface area (Å²) in [5.41, 5.74) is 0.145. The number of benzene rings is 1. The van der Waals surface area contributed by atoms with Crippen molar-refractivity contribution >= 4 is 0 Å². The third-order valence-electron chi connectivity index (χ3n) is 2.64. The molecule has 1 N–H and O–H groups in total. The van der Waals surface area contributed by atoms with Crippen molar-refractivity contribution in [3.8, 4) is 0 Å². The molecule has 0 aliphatic carbocycles. The fraction of sp³-hybridized carbons (Fsp3) is 0.500. The Morgan fingerprint density at radius 2 is 2.00 bits per heavy atom. The van der Waals surface area contributed by atoms with Gasteiger partial charge in [-0.15, -0.1) is 0 Å². The van der Waals surface area contributed by atoms with E-state index in [0.29, 0.717) is 6.42 Å². The molecular weight excluding hydrogens is 215 g/mol. The van der Waals surface area contributed by atoms with Crippen LogP contribution in [-0.2, 0) is 12.6 Å². The highest BCUT2D eigenvalue weighted by molar-refractivity contribution is 5.26. The number of rotatable bonds is 4. The predicted octanol–water partition coefficient (Wildman–Crippen LogP) is 3.25. The molecule has 16 heavy (non-hydrogen) atoms. The minimum absolute atomic E-state index is 0.225. The lowest BCUT2D eigenvalue weighted by Crippen LogP contribution is -2.26. The molecule has 0 heterocycles. The monoisotopic (exact) mass is 231 g/mol. The Bertz CT molecular complexity index is 329. The van der Waals surface area contributed by atoms with Crippen LogP contribution >= 0.6 is 0 Å². The fourth-order valence-electron chi connectivity index (χ4n) is 1.61. The highest BCUT2D eigenvalue weighted by Crippen LogP contribution is 2.29. The van der Waals surface area contributed by atoms with Crippen molar-refractivity contribution in [3.05, 3.63) is 35.4 Å². The third kappa shape index (κ3) is 3.52. The topological polar surface area (TPSA) is 12.0 Å². The fourth-order valence-corrected chi connectivity index (χ4v) is 1.61. The zero-order chi connectivity index (χ0) is 12.2. The maximum atomic E-state index is 12.5. The van der Waals surface area contributed by atoms with E-state index < -0.39 is 11.7 Å². The highest BCUT2D eigenvalue weighted by Gasteiger charge is 2.30. The minimum Gasteiger partial charge on any atom is -0.317 e. The van der Waals surface area contributed by atoms with Crippen LogP contribution in [0.1, 0.15) is 24.5 Å². The molecule has 0 amide bonds. The van der Waals surface area contributed by atoms with Gasteiger partial charge in [0, 0.05) is 6.04 Å². The Kier molecular flexibility index (Phi) is 4.35. The van der Waals surface area contributed by atoms with Crippen LogP contribution in [0.2, 0.25) is 0 Å². The largest absolute Gasteiger partial charge is 0.416 e. The summed E-state index contributed by atoms with van der Waals surface area (Å²) in [6.07, 6.45) is -2.74. The molecule has 0 fully saturated rings. The molecule has 1 atom stereocenters. The van der Waals surface area contributed by atoms with Crippen LogP contribution in [0, 0.1) is 0 Å². The summed E-state index contributed by atoms with van der Waals surface area (Å²) in [6, 6.07) is 5.74. The zero-order valence-corrected chi connectivity index (χ0v) is 9.43. The lowest BCUT2D eigenvalue weighted by Gasteiger charge is -2.15. The van der Waals surface area contributed by atoms with E-state index >= 15 is 0 Å². The Labute approximate surface area is 93.7 Å². The molecule has 0 radical (unpaired) electrons. The van der Waals surface area contributed by atoms with Crippen LogP contribution in [0.25, 0.3) is 0 Å². The second-order valence-corrected chi connectivity index (χ2v) is 3.80. The SMILES string of the molecule is CCC(Cc1cccc(C(F)(F)F)c1)NC. The molecule has 0 aliphatic heterocycles. The van der Waals surface area contributed by atoms with E-state index in [1.54, 1.807) is 6.07 Å². The van der Waals surface area contributed by atoms with Gasteiger partial charge in [0.1, 0.15) is 0 Å². The number of likely N-dealkylation sites (N-methyl/N-ethyl adjacent to an activating group) is 1. The molecule has 90 valence electrons. The molecule has 1 unspecified atom stereocenters. The van der Waals surface area contributed by atoms with Crippen LogP contribution in [0.3, 0.4) is 0 Å². The average molecular weight is 231 g/mol. The Hall–Kier alpha value is -1.03. The van der Waals surface area contributed by atoms with Crippen LogP contribution in [0.15, 0.2) is 24.3 Å². The molecule has 0 bridgehead atoms. The van der Waals surface area contributed by atoms with Gasteiger partial charge in [-0.1, -0.05) is 25.1 Å². The first kappa shape index (κ1) is 13.0. The summed E-state index contributed by atoms with van der Waals surface area (Å²) in [4.78, 5) is 0. The van der Waals surface area contributed by atoms with E-state index in [1.165, 1.54) is 12.1 Å². The molecular formula is C12H16F3N. The summed E-state index contributed by atoms with van der Waals surface area (Å²) >= 11 is 0. The predicted molar refractivity (Wildman–Crippen MR) is 58.3 cm³/mol. The van der Waals surface area contributed by atoms with E-state index in [-0.39, 0.29) is 6.04 Å². The van der Waals surface area contributed by atoms with E-state index in [1.807, 2.05) is 14.0 Å². The van der Waals surface area contributed by atoms with Crippen LogP contribution in [0.4, 0.5) is 13.2 Å². The molecule has 1 aromatic carbocycles. The van der Waals surface area contributed by atoms with Crippen LogP contribution < -0.4 is 5.32 Å². The van der Waals surface area contributed by atoms with E-state index in [4.69, 9.17) is 0 Å². The van der Waals surface area contributed by atoms with Gasteiger partial charge >= 0.3 is 6.18 Å². The summed E-state index contributed by atoms with van der Waals surface area (Å²) in [7, 11) is 1.82. The van der Waals surface area contributed by atoms with Gasteiger partial charge in [0.15, 0.2) is 0 Å². The van der Waals surface area contributed by atoms with E-state index in [0.717, 1.165) is 18.1 Å². The number of hydrogen-bond donors (Lipinski definition) is 1. The molecule has 0 spiro atoms. The number of nitrogens with one attached hydrogen (secondary N) is 1.